The summed E-state index contributed by atoms with van der Waals surface area (Å²) < 4.78 is 62.5. The zero-order chi connectivity index (χ0) is 19.6. The third-order valence-corrected chi connectivity index (χ3v) is 5.04. The van der Waals surface area contributed by atoms with Gasteiger partial charge in [0.1, 0.15) is 17.2 Å². The van der Waals surface area contributed by atoms with Crippen molar-refractivity contribution in [1.82, 2.24) is 0 Å². The summed E-state index contributed by atoms with van der Waals surface area (Å²) in [6.45, 7) is 3.37. The fraction of sp³-hybridized carbons (Fsp3) is 0.400. The van der Waals surface area contributed by atoms with Gasteiger partial charge in [-0.1, -0.05) is 37.6 Å². The monoisotopic (exact) mass is 494 g/mol. The number of hydrogen-bond acceptors (Lipinski definition) is 2. The van der Waals surface area contributed by atoms with Gasteiger partial charge in [0.25, 0.3) is 0 Å². The molecule has 2 aromatic rings. The minimum absolute atomic E-state index is 0.189. The second-order valence-electron chi connectivity index (χ2n) is 6.59. The average molecular weight is 494 g/mol. The van der Waals surface area contributed by atoms with Crippen molar-refractivity contribution in [2.45, 2.75) is 30.0 Å². The Morgan fingerprint density at radius 3 is 2.04 bits per heavy atom. The highest BCUT2D eigenvalue weighted by Crippen LogP contribution is 2.40. The molecule has 0 saturated carbocycles. The molecule has 1 fully saturated rings. The van der Waals surface area contributed by atoms with E-state index < -0.39 is 27.4 Å². The van der Waals surface area contributed by atoms with Gasteiger partial charge in [0.05, 0.1) is 13.2 Å². The van der Waals surface area contributed by atoms with Gasteiger partial charge in [-0.15, -0.1) is 0 Å². The number of hydrogen-bond donors (Lipinski definition) is 0. The van der Waals surface area contributed by atoms with Crippen LogP contribution in [0.1, 0.15) is 37.2 Å². The van der Waals surface area contributed by atoms with Gasteiger partial charge in [0.2, 0.25) is 0 Å². The highest BCUT2D eigenvalue weighted by atomic mass is 127. The van der Waals surface area contributed by atoms with E-state index in [1.54, 1.807) is 24.3 Å². The van der Waals surface area contributed by atoms with Crippen molar-refractivity contribution in [3.63, 3.8) is 0 Å². The lowest BCUT2D eigenvalue weighted by Gasteiger charge is -2.29. The maximum atomic E-state index is 14.0. The average Bonchev–Trinajstić information content (AvgIpc) is 2.61. The van der Waals surface area contributed by atoms with Crippen LogP contribution in [-0.4, -0.2) is 13.2 Å². The van der Waals surface area contributed by atoms with Crippen LogP contribution < -0.4 is 0 Å². The van der Waals surface area contributed by atoms with E-state index in [4.69, 9.17) is 9.47 Å². The Morgan fingerprint density at radius 1 is 1.00 bits per heavy atom. The zero-order valence-corrected chi connectivity index (χ0v) is 16.8. The van der Waals surface area contributed by atoms with Crippen molar-refractivity contribution >= 4 is 22.6 Å². The lowest BCUT2D eigenvalue weighted by atomic mass is 10.0. The fourth-order valence-electron chi connectivity index (χ4n) is 3.15. The Kier molecular flexibility index (Phi) is 6.43. The molecule has 1 aliphatic rings. The molecule has 0 radical (unpaired) electrons. The van der Waals surface area contributed by atoms with Crippen LogP contribution in [0.15, 0.2) is 36.4 Å². The largest absolute Gasteiger partial charge is 0.348 e. The molecule has 0 bridgehead atoms. The Labute approximate surface area is 169 Å². The first-order valence-corrected chi connectivity index (χ1v) is 9.77. The van der Waals surface area contributed by atoms with Gasteiger partial charge < -0.3 is 9.47 Å². The summed E-state index contributed by atoms with van der Waals surface area (Å²) in [6.07, 6.45) is 1.65. The van der Waals surface area contributed by atoms with Crippen molar-refractivity contribution < 1.29 is 27.0 Å². The zero-order valence-electron chi connectivity index (χ0n) is 14.7. The van der Waals surface area contributed by atoms with Crippen LogP contribution in [0.4, 0.5) is 17.6 Å². The standard InChI is InChI=1S/C20H19F4IO2/c1-2-3-12-10-26-19(27-11-12)14-6-4-13(5-7-14)15-8-16(21)18(17(22)9-15)20(23,24)25/h4-9,12,19H,2-3,10-11H2,1H3. The summed E-state index contributed by atoms with van der Waals surface area (Å²) in [6, 6.07) is 8.66. The van der Waals surface area contributed by atoms with Gasteiger partial charge >= 0.3 is 3.93 Å². The minimum atomic E-state index is -3.61. The van der Waals surface area contributed by atoms with Gasteiger partial charge in [-0.25, -0.2) is 8.78 Å². The molecule has 1 saturated heterocycles. The van der Waals surface area contributed by atoms with Crippen LogP contribution >= 0.6 is 22.6 Å². The molecule has 1 aliphatic heterocycles. The third kappa shape index (κ3) is 4.81. The first-order valence-electron chi connectivity index (χ1n) is 8.69. The van der Waals surface area contributed by atoms with Crippen molar-refractivity contribution in [2.24, 2.45) is 5.92 Å². The van der Waals surface area contributed by atoms with Gasteiger partial charge in [0.15, 0.2) is 6.29 Å². The maximum Gasteiger partial charge on any atom is 0.327 e. The van der Waals surface area contributed by atoms with Crippen LogP contribution in [0.5, 0.6) is 0 Å². The first-order chi connectivity index (χ1) is 12.8. The van der Waals surface area contributed by atoms with E-state index in [2.05, 4.69) is 6.92 Å². The second-order valence-corrected chi connectivity index (χ2v) is 7.94. The molecule has 27 heavy (non-hydrogen) atoms. The summed E-state index contributed by atoms with van der Waals surface area (Å²) in [7, 11) is 0. The normalized spacial score (nSPS) is 20.7. The van der Waals surface area contributed by atoms with Crippen molar-refractivity contribution in [1.29, 1.82) is 0 Å². The van der Waals surface area contributed by atoms with E-state index >= 15 is 0 Å². The molecule has 0 aliphatic carbocycles. The van der Waals surface area contributed by atoms with Crippen molar-refractivity contribution in [3.8, 4) is 11.1 Å². The van der Waals surface area contributed by atoms with Crippen molar-refractivity contribution in [3.05, 3.63) is 59.2 Å². The lowest BCUT2D eigenvalue weighted by Crippen LogP contribution is -2.26. The summed E-state index contributed by atoms with van der Waals surface area (Å²) in [5, 5.41) is 0. The highest BCUT2D eigenvalue weighted by Gasteiger charge is 2.34. The Bertz CT molecular complexity index is 759. The molecule has 7 heteroatoms. The third-order valence-electron chi connectivity index (χ3n) is 4.51. The smallest absolute Gasteiger partial charge is 0.327 e. The second kappa shape index (κ2) is 8.45. The molecule has 2 nitrogen and oxygen atoms in total. The van der Waals surface area contributed by atoms with Crippen LogP contribution in [0.25, 0.3) is 11.1 Å². The predicted octanol–water partition coefficient (Wildman–Crippen LogP) is 6.58. The highest BCUT2D eigenvalue weighted by molar-refractivity contribution is 14.1. The van der Waals surface area contributed by atoms with E-state index in [-0.39, 0.29) is 5.56 Å². The van der Waals surface area contributed by atoms with Crippen molar-refractivity contribution in [2.75, 3.05) is 13.2 Å². The van der Waals surface area contributed by atoms with E-state index in [1.807, 2.05) is 0 Å². The van der Waals surface area contributed by atoms with Gasteiger partial charge in [0, 0.05) is 34.1 Å². The van der Waals surface area contributed by atoms with E-state index in [0.717, 1.165) is 30.5 Å². The quantitative estimate of drug-likeness (QED) is 0.266. The molecule has 146 valence electrons. The molecule has 0 N–H and O–H groups in total. The molecule has 3 rings (SSSR count). The van der Waals surface area contributed by atoms with Crippen LogP contribution in [0.3, 0.4) is 0 Å². The molecule has 0 amide bonds. The fourth-order valence-corrected chi connectivity index (χ4v) is 3.67. The molecule has 1 heterocycles. The summed E-state index contributed by atoms with van der Waals surface area (Å²) in [4.78, 5) is 0. The molecule has 0 spiro atoms. The molecular formula is C20H19F4IO2. The van der Waals surface area contributed by atoms with E-state index in [0.29, 0.717) is 47.3 Å². The van der Waals surface area contributed by atoms with Gasteiger partial charge in [-0.05, 0) is 29.7 Å². The van der Waals surface area contributed by atoms with Gasteiger partial charge in [-0.2, -0.15) is 8.78 Å². The Morgan fingerprint density at radius 2 is 1.56 bits per heavy atom. The Balaban J connectivity index is 1.76. The SMILES string of the molecule is CCCC1COC(c2ccc(-c3cc(F)c(C(F)(F)I)c(F)c3)cc2)OC1. The molecule has 0 unspecified atom stereocenters. The van der Waals surface area contributed by atoms with E-state index in [9.17, 15) is 17.6 Å². The van der Waals surface area contributed by atoms with Gasteiger partial charge in [-0.3, -0.25) is 0 Å². The maximum absolute atomic E-state index is 14.0. The number of benzene rings is 2. The van der Waals surface area contributed by atoms with Crippen LogP contribution in [-0.2, 0) is 13.4 Å². The summed E-state index contributed by atoms with van der Waals surface area (Å²) in [5.41, 5.74) is 0.271. The van der Waals surface area contributed by atoms with E-state index in [1.165, 1.54) is 0 Å². The predicted molar refractivity (Wildman–Crippen MR) is 103 cm³/mol. The topological polar surface area (TPSA) is 18.5 Å². The molecular weight excluding hydrogens is 475 g/mol. The van der Waals surface area contributed by atoms with Crippen LogP contribution in [0.2, 0.25) is 0 Å². The minimum Gasteiger partial charge on any atom is -0.348 e. The van der Waals surface area contributed by atoms with Crippen LogP contribution in [0, 0.1) is 17.6 Å². The number of rotatable bonds is 5. The molecule has 2 aromatic carbocycles. The Hall–Kier alpha value is -1.19. The number of alkyl halides is 3. The molecule has 0 aromatic heterocycles. The number of halogens is 5. The first kappa shape index (κ1) is 20.5. The summed E-state index contributed by atoms with van der Waals surface area (Å²) in [5.74, 6) is -2.14. The number of ether oxygens (including phenoxy) is 2. The summed E-state index contributed by atoms with van der Waals surface area (Å²) >= 11 is 0.714. The lowest BCUT2D eigenvalue weighted by molar-refractivity contribution is -0.206. The molecule has 0 atom stereocenters.